The van der Waals surface area contributed by atoms with Crippen LogP contribution in [0.5, 0.6) is 0 Å². The number of nitrogens with one attached hydrogen (secondary N) is 1. The van der Waals surface area contributed by atoms with Crippen molar-refractivity contribution < 1.29 is 9.59 Å². The average molecular weight is 293 g/mol. The summed E-state index contributed by atoms with van der Waals surface area (Å²) >= 11 is 6.24. The number of benzene rings is 1. The molecule has 1 aromatic rings. The first-order valence-electron chi connectivity index (χ1n) is 7.06. The maximum atomic E-state index is 11.9. The fourth-order valence-corrected chi connectivity index (χ4v) is 2.90. The van der Waals surface area contributed by atoms with Crippen molar-refractivity contribution in [2.24, 2.45) is 5.92 Å². The van der Waals surface area contributed by atoms with E-state index in [9.17, 15) is 9.59 Å². The smallest absolute Gasteiger partial charge is 0.227 e. The average Bonchev–Trinajstić information content (AvgIpc) is 2.73. The van der Waals surface area contributed by atoms with Crippen molar-refractivity contribution in [1.82, 2.24) is 0 Å². The van der Waals surface area contributed by atoms with Crippen molar-refractivity contribution in [1.29, 1.82) is 0 Å². The van der Waals surface area contributed by atoms with Gasteiger partial charge in [-0.2, -0.15) is 0 Å². The maximum Gasteiger partial charge on any atom is 0.227 e. The van der Waals surface area contributed by atoms with Gasteiger partial charge < -0.3 is 10.2 Å². The van der Waals surface area contributed by atoms with Crippen LogP contribution in [0.2, 0.25) is 5.02 Å². The zero-order valence-corrected chi connectivity index (χ0v) is 11.9. The second-order valence-electron chi connectivity index (χ2n) is 5.43. The molecule has 2 amide bonds. The maximum absolute atomic E-state index is 11.9. The molecule has 3 rings (SSSR count). The van der Waals surface area contributed by atoms with Crippen LogP contribution in [0.3, 0.4) is 0 Å². The molecular formula is C15H17ClN2O2. The van der Waals surface area contributed by atoms with Gasteiger partial charge in [0.15, 0.2) is 0 Å². The second-order valence-corrected chi connectivity index (χ2v) is 5.84. The molecule has 1 N–H and O–H groups in total. The van der Waals surface area contributed by atoms with E-state index in [4.69, 9.17) is 11.6 Å². The zero-order valence-electron chi connectivity index (χ0n) is 11.2. The summed E-state index contributed by atoms with van der Waals surface area (Å²) in [6, 6.07) is 5.34. The van der Waals surface area contributed by atoms with Gasteiger partial charge in [-0.1, -0.05) is 18.0 Å². The van der Waals surface area contributed by atoms with Crippen molar-refractivity contribution in [3.63, 3.8) is 0 Å². The zero-order chi connectivity index (χ0) is 14.1. The Kier molecular flexibility index (Phi) is 3.66. The Bertz CT molecular complexity index is 555. The molecule has 0 atom stereocenters. The third kappa shape index (κ3) is 2.52. The summed E-state index contributed by atoms with van der Waals surface area (Å²) in [5.41, 5.74) is 1.43. The molecule has 1 aliphatic carbocycles. The van der Waals surface area contributed by atoms with E-state index in [1.54, 1.807) is 11.0 Å². The van der Waals surface area contributed by atoms with Crippen LogP contribution in [0.15, 0.2) is 18.2 Å². The van der Waals surface area contributed by atoms with Gasteiger partial charge in [-0.05, 0) is 37.5 Å². The van der Waals surface area contributed by atoms with Crippen LogP contribution in [0.1, 0.15) is 32.1 Å². The lowest BCUT2D eigenvalue weighted by Crippen LogP contribution is -2.28. The molecule has 2 fully saturated rings. The number of hydrogen-bond donors (Lipinski definition) is 1. The van der Waals surface area contributed by atoms with Crippen LogP contribution < -0.4 is 10.2 Å². The largest absolute Gasteiger partial charge is 0.326 e. The van der Waals surface area contributed by atoms with E-state index in [2.05, 4.69) is 5.32 Å². The molecule has 0 bridgehead atoms. The third-order valence-electron chi connectivity index (χ3n) is 4.06. The fourth-order valence-electron chi connectivity index (χ4n) is 2.62. The normalized spacial score (nSPS) is 19.1. The first-order chi connectivity index (χ1) is 9.65. The van der Waals surface area contributed by atoms with Gasteiger partial charge in [0.1, 0.15) is 0 Å². The second kappa shape index (κ2) is 5.44. The van der Waals surface area contributed by atoms with Crippen molar-refractivity contribution in [3.8, 4) is 0 Å². The summed E-state index contributed by atoms with van der Waals surface area (Å²) in [7, 11) is 0. The van der Waals surface area contributed by atoms with Crippen LogP contribution in [0.4, 0.5) is 11.4 Å². The minimum absolute atomic E-state index is 0.0670. The molecule has 1 aromatic carbocycles. The Morgan fingerprint density at radius 3 is 2.65 bits per heavy atom. The first-order valence-corrected chi connectivity index (χ1v) is 7.44. The van der Waals surface area contributed by atoms with Gasteiger partial charge in [-0.25, -0.2) is 0 Å². The van der Waals surface area contributed by atoms with E-state index in [0.29, 0.717) is 23.7 Å². The number of halogens is 1. The molecule has 106 valence electrons. The number of nitrogens with zero attached hydrogens (tertiary/aromatic N) is 1. The topological polar surface area (TPSA) is 49.4 Å². The van der Waals surface area contributed by atoms with Crippen LogP contribution >= 0.6 is 11.6 Å². The first kappa shape index (κ1) is 13.4. The summed E-state index contributed by atoms with van der Waals surface area (Å²) in [5, 5.41) is 3.39. The molecule has 5 heteroatoms. The van der Waals surface area contributed by atoms with Gasteiger partial charge in [-0.3, -0.25) is 9.59 Å². The molecule has 4 nitrogen and oxygen atoms in total. The molecular weight excluding hydrogens is 276 g/mol. The van der Waals surface area contributed by atoms with Crippen molar-refractivity contribution in [2.75, 3.05) is 16.8 Å². The highest BCUT2D eigenvalue weighted by Gasteiger charge is 2.26. The lowest BCUT2D eigenvalue weighted by atomic mass is 9.85. The van der Waals surface area contributed by atoms with Gasteiger partial charge in [0.2, 0.25) is 11.8 Å². The summed E-state index contributed by atoms with van der Waals surface area (Å²) in [6.45, 7) is 0.715. The van der Waals surface area contributed by atoms with Crippen molar-refractivity contribution in [3.05, 3.63) is 23.2 Å². The van der Waals surface area contributed by atoms with Crippen LogP contribution in [0, 0.1) is 5.92 Å². The molecule has 0 unspecified atom stereocenters. The predicted molar refractivity (Wildman–Crippen MR) is 79.0 cm³/mol. The van der Waals surface area contributed by atoms with Crippen molar-refractivity contribution in [2.45, 2.75) is 32.1 Å². The van der Waals surface area contributed by atoms with E-state index >= 15 is 0 Å². The quantitative estimate of drug-likeness (QED) is 0.930. The summed E-state index contributed by atoms with van der Waals surface area (Å²) in [6.07, 6.45) is 4.53. The van der Waals surface area contributed by atoms with E-state index < -0.39 is 0 Å². The third-order valence-corrected chi connectivity index (χ3v) is 4.36. The highest BCUT2D eigenvalue weighted by Crippen LogP contribution is 2.33. The monoisotopic (exact) mass is 292 g/mol. The van der Waals surface area contributed by atoms with E-state index in [-0.39, 0.29) is 17.7 Å². The van der Waals surface area contributed by atoms with Gasteiger partial charge in [-0.15, -0.1) is 0 Å². The molecule has 0 spiro atoms. The Labute approximate surface area is 123 Å². The standard InChI is InChI=1S/C15H17ClN2O2/c16-12-9-11(17-15(20)10-3-1-4-10)6-7-13(12)18-8-2-5-14(18)19/h6-7,9-10H,1-5,8H2,(H,17,20). The Hall–Kier alpha value is -1.55. The van der Waals surface area contributed by atoms with E-state index in [0.717, 1.165) is 31.4 Å². The number of carbonyl (C=O) groups is 2. The molecule has 1 saturated heterocycles. The van der Waals surface area contributed by atoms with Crippen LogP contribution in [-0.2, 0) is 9.59 Å². The molecule has 20 heavy (non-hydrogen) atoms. The van der Waals surface area contributed by atoms with Crippen LogP contribution in [-0.4, -0.2) is 18.4 Å². The molecule has 2 aliphatic rings. The molecule has 1 heterocycles. The molecule has 1 saturated carbocycles. The number of carbonyl (C=O) groups excluding carboxylic acids is 2. The number of hydrogen-bond acceptors (Lipinski definition) is 2. The number of rotatable bonds is 3. The summed E-state index contributed by atoms with van der Waals surface area (Å²) in [5.74, 6) is 0.323. The predicted octanol–water partition coefficient (Wildman–Crippen LogP) is 3.21. The highest BCUT2D eigenvalue weighted by molar-refractivity contribution is 6.34. The Morgan fingerprint density at radius 2 is 2.10 bits per heavy atom. The number of anilines is 2. The Balaban J connectivity index is 1.73. The molecule has 0 radical (unpaired) electrons. The van der Waals surface area contributed by atoms with Gasteiger partial charge in [0, 0.05) is 24.6 Å². The minimum atomic E-state index is 0.0670. The summed E-state index contributed by atoms with van der Waals surface area (Å²) in [4.78, 5) is 25.3. The SMILES string of the molecule is O=C(Nc1ccc(N2CCCC2=O)c(Cl)c1)C1CCC1. The van der Waals surface area contributed by atoms with Gasteiger partial charge >= 0.3 is 0 Å². The van der Waals surface area contributed by atoms with Gasteiger partial charge in [0.05, 0.1) is 10.7 Å². The van der Waals surface area contributed by atoms with Gasteiger partial charge in [0.25, 0.3) is 0 Å². The highest BCUT2D eigenvalue weighted by atomic mass is 35.5. The molecule has 1 aliphatic heterocycles. The Morgan fingerprint density at radius 1 is 1.30 bits per heavy atom. The lowest BCUT2D eigenvalue weighted by molar-refractivity contribution is -0.122. The van der Waals surface area contributed by atoms with E-state index in [1.165, 1.54) is 0 Å². The van der Waals surface area contributed by atoms with Crippen LogP contribution in [0.25, 0.3) is 0 Å². The summed E-state index contributed by atoms with van der Waals surface area (Å²) < 4.78 is 0. The number of amides is 2. The molecule has 0 aromatic heterocycles. The van der Waals surface area contributed by atoms with Crippen molar-refractivity contribution >= 4 is 34.8 Å². The fraction of sp³-hybridized carbons (Fsp3) is 0.467. The minimum Gasteiger partial charge on any atom is -0.326 e. The van der Waals surface area contributed by atoms with E-state index in [1.807, 2.05) is 12.1 Å². The lowest BCUT2D eigenvalue weighted by Gasteiger charge is -2.24.